The molecule has 2 heteroatoms. The van der Waals surface area contributed by atoms with Crippen molar-refractivity contribution in [2.75, 3.05) is 4.90 Å². The molecular weight excluding hydrogens is 244 g/mol. The van der Waals surface area contributed by atoms with Crippen molar-refractivity contribution in [3.05, 3.63) is 41.3 Å². The first-order chi connectivity index (χ1) is 9.58. The third-order valence-electron chi connectivity index (χ3n) is 4.15. The first-order valence-corrected chi connectivity index (χ1v) is 7.20. The number of nitrogens with zero attached hydrogens (tertiary/aromatic N) is 2. The molecule has 0 saturated carbocycles. The topological polar surface area (TPSA) is 27.0 Å². The van der Waals surface area contributed by atoms with Gasteiger partial charge in [0.2, 0.25) is 0 Å². The highest BCUT2D eigenvalue weighted by Gasteiger charge is 2.27. The number of rotatable bonds is 2. The minimum Gasteiger partial charge on any atom is -0.366 e. The zero-order valence-electron chi connectivity index (χ0n) is 12.6. The Balaban J connectivity index is 2.61. The van der Waals surface area contributed by atoms with E-state index in [0.29, 0.717) is 12.1 Å². The lowest BCUT2D eigenvalue weighted by Crippen LogP contribution is -2.35. The van der Waals surface area contributed by atoms with E-state index in [4.69, 9.17) is 5.26 Å². The van der Waals surface area contributed by atoms with Crippen molar-refractivity contribution in [2.45, 2.75) is 45.7 Å². The Bertz CT molecular complexity index is 654. The predicted molar refractivity (Wildman–Crippen MR) is 85.7 cm³/mol. The summed E-state index contributed by atoms with van der Waals surface area (Å²) in [4.78, 5) is 2.48. The molecule has 2 atom stereocenters. The van der Waals surface area contributed by atoms with Crippen molar-refractivity contribution in [3.63, 3.8) is 0 Å². The summed E-state index contributed by atoms with van der Waals surface area (Å²) < 4.78 is 0. The van der Waals surface area contributed by atoms with Gasteiger partial charge in [0.15, 0.2) is 0 Å². The Morgan fingerprint density at radius 2 is 2.00 bits per heavy atom. The van der Waals surface area contributed by atoms with E-state index in [1.165, 1.54) is 18.5 Å². The van der Waals surface area contributed by atoms with Gasteiger partial charge in [-0.25, -0.2) is 0 Å². The lowest BCUT2D eigenvalue weighted by Gasteiger charge is -2.28. The molecule has 0 N–H and O–H groups in total. The largest absolute Gasteiger partial charge is 0.366 e. The smallest absolute Gasteiger partial charge is 0.0950 e. The van der Waals surface area contributed by atoms with E-state index in [1.54, 1.807) is 6.08 Å². The molecule has 1 aromatic carbocycles. The molecule has 1 aliphatic heterocycles. The van der Waals surface area contributed by atoms with Crippen molar-refractivity contribution < 1.29 is 0 Å². The average molecular weight is 266 g/mol. The minimum absolute atomic E-state index is 0.577. The molecule has 0 bridgehead atoms. The Labute approximate surface area is 121 Å². The summed E-state index contributed by atoms with van der Waals surface area (Å²) in [5, 5.41) is 11.2. The predicted octanol–water partition coefficient (Wildman–Crippen LogP) is 2.72. The summed E-state index contributed by atoms with van der Waals surface area (Å²) in [6, 6.07) is 9.76. The molecule has 1 aromatic rings. The van der Waals surface area contributed by atoms with Gasteiger partial charge in [-0.05, 0) is 56.2 Å². The second-order valence-electron chi connectivity index (χ2n) is 5.59. The van der Waals surface area contributed by atoms with Crippen molar-refractivity contribution >= 4 is 17.3 Å². The van der Waals surface area contributed by atoms with E-state index in [9.17, 15) is 0 Å². The van der Waals surface area contributed by atoms with Crippen molar-refractivity contribution in [1.82, 2.24) is 0 Å². The van der Waals surface area contributed by atoms with Crippen molar-refractivity contribution in [3.8, 4) is 6.07 Å². The van der Waals surface area contributed by atoms with Crippen LogP contribution in [0.4, 0.5) is 5.69 Å². The number of hydrogen-bond donors (Lipinski definition) is 0. The van der Waals surface area contributed by atoms with Crippen LogP contribution < -0.4 is 15.3 Å². The van der Waals surface area contributed by atoms with Gasteiger partial charge in [0.05, 0.1) is 6.07 Å². The standard InChI is InChI=1S/C18H22N2/c1-5-6-16-11-17(9-10-18(16)13(2)12-19)20-14(3)7-8-15(20)4/h5-6,9-11,14-15H,1,7-8H2,2-4H3/b16-6-,18-13+. The highest BCUT2D eigenvalue weighted by atomic mass is 15.2. The zero-order chi connectivity index (χ0) is 14.7. The van der Waals surface area contributed by atoms with Gasteiger partial charge in [0.1, 0.15) is 0 Å². The molecule has 20 heavy (non-hydrogen) atoms. The lowest BCUT2D eigenvalue weighted by atomic mass is 10.1. The van der Waals surface area contributed by atoms with Crippen LogP contribution in [0.2, 0.25) is 0 Å². The highest BCUT2D eigenvalue weighted by Crippen LogP contribution is 2.28. The van der Waals surface area contributed by atoms with E-state index in [2.05, 4.69) is 49.6 Å². The summed E-state index contributed by atoms with van der Waals surface area (Å²) >= 11 is 0. The molecule has 1 heterocycles. The summed E-state index contributed by atoms with van der Waals surface area (Å²) in [5.41, 5.74) is 1.98. The monoisotopic (exact) mass is 266 g/mol. The first kappa shape index (κ1) is 14.4. The number of hydrogen-bond acceptors (Lipinski definition) is 2. The van der Waals surface area contributed by atoms with Gasteiger partial charge in [-0.3, -0.25) is 0 Å². The van der Waals surface area contributed by atoms with Crippen LogP contribution >= 0.6 is 0 Å². The van der Waals surface area contributed by atoms with Crippen LogP contribution in [-0.4, -0.2) is 12.1 Å². The molecule has 1 fully saturated rings. The molecule has 2 nitrogen and oxygen atoms in total. The molecule has 1 aliphatic rings. The number of anilines is 1. The summed E-state index contributed by atoms with van der Waals surface area (Å²) in [6.07, 6.45) is 6.24. The molecule has 1 saturated heterocycles. The summed E-state index contributed by atoms with van der Waals surface area (Å²) in [5.74, 6) is 0. The Kier molecular flexibility index (Phi) is 4.29. The van der Waals surface area contributed by atoms with Crippen LogP contribution in [0.1, 0.15) is 33.6 Å². The van der Waals surface area contributed by atoms with E-state index >= 15 is 0 Å². The van der Waals surface area contributed by atoms with Crippen LogP contribution in [-0.2, 0) is 0 Å². The number of allylic oxidation sites excluding steroid dienone is 1. The van der Waals surface area contributed by atoms with Crippen LogP contribution in [0.5, 0.6) is 0 Å². The molecule has 0 aliphatic carbocycles. The second kappa shape index (κ2) is 5.96. The van der Waals surface area contributed by atoms with Crippen molar-refractivity contribution in [1.29, 1.82) is 5.26 Å². The van der Waals surface area contributed by atoms with Gasteiger partial charge in [0.25, 0.3) is 0 Å². The molecule has 0 aromatic heterocycles. The number of benzene rings is 1. The van der Waals surface area contributed by atoms with Crippen molar-refractivity contribution in [2.24, 2.45) is 0 Å². The molecule has 0 spiro atoms. The van der Waals surface area contributed by atoms with Crippen LogP contribution in [0, 0.1) is 11.3 Å². The van der Waals surface area contributed by atoms with Gasteiger partial charge in [0, 0.05) is 23.3 Å². The van der Waals surface area contributed by atoms with Crippen LogP contribution in [0.15, 0.2) is 30.9 Å². The lowest BCUT2D eigenvalue weighted by molar-refractivity contribution is 0.694. The van der Waals surface area contributed by atoms with E-state index in [0.717, 1.165) is 16.0 Å². The van der Waals surface area contributed by atoms with Gasteiger partial charge in [-0.15, -0.1) is 0 Å². The molecule has 2 unspecified atom stereocenters. The quantitative estimate of drug-likeness (QED) is 0.823. The van der Waals surface area contributed by atoms with Gasteiger partial charge in [-0.1, -0.05) is 24.8 Å². The maximum Gasteiger partial charge on any atom is 0.0950 e. The maximum atomic E-state index is 9.11. The van der Waals surface area contributed by atoms with Crippen LogP contribution in [0.3, 0.4) is 0 Å². The Hall–Kier alpha value is -2.01. The second-order valence-corrected chi connectivity index (χ2v) is 5.59. The van der Waals surface area contributed by atoms with Gasteiger partial charge < -0.3 is 4.90 Å². The summed E-state index contributed by atoms with van der Waals surface area (Å²) in [7, 11) is 0. The summed E-state index contributed by atoms with van der Waals surface area (Å²) in [6.45, 7) is 10.2. The fraction of sp³-hybridized carbons (Fsp3) is 0.389. The molecule has 2 rings (SSSR count). The normalized spacial score (nSPS) is 24.5. The average Bonchev–Trinajstić information content (AvgIpc) is 2.78. The van der Waals surface area contributed by atoms with E-state index in [1.807, 2.05) is 13.0 Å². The van der Waals surface area contributed by atoms with Gasteiger partial charge in [-0.2, -0.15) is 5.26 Å². The Morgan fingerprint density at radius 1 is 1.35 bits per heavy atom. The number of nitriles is 1. The fourth-order valence-electron chi connectivity index (χ4n) is 3.08. The first-order valence-electron chi connectivity index (χ1n) is 7.20. The third kappa shape index (κ3) is 2.63. The van der Waals surface area contributed by atoms with E-state index in [-0.39, 0.29) is 0 Å². The Morgan fingerprint density at radius 3 is 2.55 bits per heavy atom. The molecule has 104 valence electrons. The highest BCUT2D eigenvalue weighted by molar-refractivity contribution is 5.61. The SMILES string of the molecule is C=C/C=c1/cc(N2C(C)CCC2C)cc/c1=C(/C)C#N. The van der Waals surface area contributed by atoms with Crippen LogP contribution in [0.25, 0.3) is 11.6 Å². The minimum atomic E-state index is 0.577. The molecular formula is C18H22N2. The molecule has 0 amide bonds. The zero-order valence-corrected chi connectivity index (χ0v) is 12.6. The maximum absolute atomic E-state index is 9.11. The molecule has 0 radical (unpaired) electrons. The van der Waals surface area contributed by atoms with E-state index < -0.39 is 0 Å². The fourth-order valence-corrected chi connectivity index (χ4v) is 3.08. The third-order valence-corrected chi connectivity index (χ3v) is 4.15. The van der Waals surface area contributed by atoms with Gasteiger partial charge >= 0.3 is 0 Å².